The number of nitrogens with one attached hydrogen (secondary N) is 4. The van der Waals surface area contributed by atoms with Crippen molar-refractivity contribution in [1.29, 1.82) is 0 Å². The molecule has 4 aliphatic rings. The molecule has 26 heteroatoms. The molecule has 4 N–H and O–H groups in total. The van der Waals surface area contributed by atoms with Crippen LogP contribution < -0.4 is 21.3 Å². The molecule has 0 radical (unpaired) electrons. The summed E-state index contributed by atoms with van der Waals surface area (Å²) < 4.78 is 19.5. The highest BCUT2D eigenvalue weighted by Crippen LogP contribution is 2.38. The average Bonchev–Trinajstić information content (AvgIpc) is 1.64. The van der Waals surface area contributed by atoms with Crippen LogP contribution in [0, 0.1) is 73.1 Å². The van der Waals surface area contributed by atoms with Crippen LogP contribution >= 0.6 is 0 Å². The molecule has 4 saturated heterocycles. The molecule has 1 unspecified atom stereocenters. The van der Waals surface area contributed by atoms with Gasteiger partial charge in [0.2, 0.25) is 17.7 Å². The second-order valence-corrected chi connectivity index (χ2v) is 33.5. The maximum Gasteiger partial charge on any atom is 0.409 e. The number of carbonyl (C=O) groups is 8. The minimum atomic E-state index is -0.249. The second kappa shape index (κ2) is 40.2. The number of benzene rings is 4. The molecular formula is C99H120N16O10. The van der Waals surface area contributed by atoms with Crippen molar-refractivity contribution < 1.29 is 47.8 Å². The normalized spacial score (nSPS) is 15.4. The molecule has 8 amide bonds. The van der Waals surface area contributed by atoms with Crippen molar-refractivity contribution >= 4 is 70.0 Å². The number of imidazole rings is 4. The van der Waals surface area contributed by atoms with Gasteiger partial charge in [-0.05, 0) is 266 Å². The molecule has 0 aliphatic carbocycles. The number of hydrogen-bond donors (Lipinski definition) is 4. The molecule has 2 atom stereocenters. The Morgan fingerprint density at radius 1 is 0.360 bits per heavy atom. The van der Waals surface area contributed by atoms with Crippen molar-refractivity contribution in [3.63, 3.8) is 0 Å². The van der Waals surface area contributed by atoms with Crippen molar-refractivity contribution in [2.45, 2.75) is 147 Å². The average molecular weight is 1690 g/mol. The Morgan fingerprint density at radius 3 is 0.928 bits per heavy atom. The van der Waals surface area contributed by atoms with Crippen LogP contribution in [-0.2, 0) is 49.5 Å². The van der Waals surface area contributed by atoms with E-state index in [1.807, 2.05) is 128 Å². The zero-order valence-electron chi connectivity index (χ0n) is 74.3. The van der Waals surface area contributed by atoms with Gasteiger partial charge in [0.25, 0.3) is 23.6 Å². The zero-order valence-corrected chi connectivity index (χ0v) is 74.3. The van der Waals surface area contributed by atoms with Gasteiger partial charge in [-0.3, -0.25) is 33.6 Å². The molecule has 0 bridgehead atoms. The maximum atomic E-state index is 12.0. The molecule has 4 fully saturated rings. The van der Waals surface area contributed by atoms with Crippen molar-refractivity contribution in [3.8, 4) is 45.0 Å². The monoisotopic (exact) mass is 1690 g/mol. The quantitative estimate of drug-likeness (QED) is 0.0700. The fourth-order valence-corrected chi connectivity index (χ4v) is 17.6. The van der Waals surface area contributed by atoms with Crippen molar-refractivity contribution in [1.82, 2.24) is 78.4 Å². The first-order valence-electron chi connectivity index (χ1n) is 43.0. The van der Waals surface area contributed by atoms with Gasteiger partial charge < -0.3 is 67.9 Å². The zero-order chi connectivity index (χ0) is 88.5. The van der Waals surface area contributed by atoms with E-state index in [9.17, 15) is 38.4 Å². The number of fused-ring (bicyclic) bond motifs is 4. The van der Waals surface area contributed by atoms with Gasteiger partial charge in [-0.2, -0.15) is 0 Å². The van der Waals surface area contributed by atoms with Crippen LogP contribution in [0.4, 0.5) is 4.79 Å². The standard InChI is InChI=1S/C25H30N4O3.C25H30N4O2.C24H28N4O3.C24H28N4O2.CH4/c1-16-7-12-29-21(15-18-8-10-28(11-9-18)25(31)32-4)23(27-22(29)13-16)20-6-5-19(14-17(20)2)24(30)26-3;1-16-7-12-29-22(15-19-8-10-28(11-9-19)18(3)30)24(27-23(29)13-16)21-6-5-20(14-17(21)2)25(31)26-4;1-15-7-8-28-21(13-19-14-27(17(3)29)9-10-31-19)23(26-22(28)11-15)20-6-5-18(12-16(20)2)24(30)25-4;1-15-7-10-28-21(13-18-8-9-27(14-18)17(3)29)23(26-22(28)11-15)20-6-5-19(12-16(20)2)24(30)25-4;/h5-7,12-14,18H,8-11,15H2,1-4H3,(H,26,30);5-7,12-14,19H,8-11,15H2,1-4H3,(H,26,31);5-8,11-12,19H,9-10,13-14H2,1-4H3,(H,25,30);5-7,10-12,18H,8-9,13-14H2,1-4H3,(H,25,30);1H4/t;;19-;;/m..1../s1. The van der Waals surface area contributed by atoms with E-state index in [0.717, 1.165) is 184 Å². The summed E-state index contributed by atoms with van der Waals surface area (Å²) in [6, 6.07) is 39.8. The fraction of sp³-hybridized carbons (Fsp3) is 0.394. The van der Waals surface area contributed by atoms with Crippen LogP contribution in [-0.4, -0.2) is 205 Å². The maximum absolute atomic E-state index is 12.0. The number of methoxy groups -OCH3 is 1. The SMILES string of the molecule is C.CNC(=O)c1ccc(-c2nc3cc(C)ccn3c2CC2CCN(C(=O)OC)CC2)c(C)c1.CNC(=O)c1ccc(-c2nc3cc(C)ccn3c2CC2CCN(C(C)=O)C2)c(C)c1.CNC(=O)c1ccc(-c2nc3cc(C)ccn3c2CC2CCN(C(C)=O)CC2)c(C)c1.CNC(=O)c1ccc(-c2nc3cc(C)ccn3c2C[C@@H]2CN(C(C)=O)CCO2)c(C)c1. The first-order chi connectivity index (χ1) is 59.5. The number of likely N-dealkylation sites (tertiary alicyclic amines) is 3. The molecular weight excluding hydrogens is 1570 g/mol. The number of ether oxygens (including phenoxy) is 2. The number of amides is 8. The molecule has 16 rings (SSSR count). The molecule has 12 aromatic rings. The number of hydrogen-bond acceptors (Lipinski definition) is 14. The number of carbonyl (C=O) groups excluding carboxylic acids is 8. The summed E-state index contributed by atoms with van der Waals surface area (Å²) in [5.41, 5.74) is 27.5. The van der Waals surface area contributed by atoms with E-state index in [-0.39, 0.29) is 61.0 Å². The summed E-state index contributed by atoms with van der Waals surface area (Å²) in [7, 11) is 7.98. The summed E-state index contributed by atoms with van der Waals surface area (Å²) in [6.45, 7) is 27.7. The van der Waals surface area contributed by atoms with Crippen LogP contribution in [0.5, 0.6) is 0 Å². The predicted molar refractivity (Wildman–Crippen MR) is 490 cm³/mol. The third kappa shape index (κ3) is 20.8. The Bertz CT molecular complexity index is 6030. The first-order valence-corrected chi connectivity index (χ1v) is 43.0. The Balaban J connectivity index is 0.000000151. The lowest BCUT2D eigenvalue weighted by molar-refractivity contribution is -0.136. The predicted octanol–water partition coefficient (Wildman–Crippen LogP) is 14.6. The molecule has 0 saturated carbocycles. The van der Waals surface area contributed by atoms with E-state index < -0.39 is 0 Å². The van der Waals surface area contributed by atoms with Gasteiger partial charge in [0, 0.05) is 177 Å². The van der Waals surface area contributed by atoms with E-state index in [1.165, 1.54) is 35.2 Å². The molecule has 4 aliphatic heterocycles. The Morgan fingerprint density at radius 2 is 0.640 bits per heavy atom. The highest BCUT2D eigenvalue weighted by atomic mass is 16.5. The van der Waals surface area contributed by atoms with Gasteiger partial charge in [-0.15, -0.1) is 0 Å². The van der Waals surface area contributed by atoms with E-state index in [4.69, 9.17) is 29.4 Å². The molecule has 656 valence electrons. The van der Waals surface area contributed by atoms with Crippen molar-refractivity contribution in [2.24, 2.45) is 17.8 Å². The lowest BCUT2D eigenvalue weighted by Gasteiger charge is -2.32. The smallest absolute Gasteiger partial charge is 0.409 e. The van der Waals surface area contributed by atoms with Gasteiger partial charge in [0.1, 0.15) is 22.6 Å². The van der Waals surface area contributed by atoms with E-state index in [1.54, 1.807) is 53.9 Å². The first kappa shape index (κ1) is 91.4. The summed E-state index contributed by atoms with van der Waals surface area (Å²) in [5.74, 6) is 1.39. The Kier molecular flexibility index (Phi) is 29.4. The number of aromatic nitrogens is 8. The van der Waals surface area contributed by atoms with Crippen LogP contribution in [0.25, 0.3) is 67.6 Å². The molecule has 0 spiro atoms. The molecule has 8 aromatic heterocycles. The van der Waals surface area contributed by atoms with Gasteiger partial charge in [-0.25, -0.2) is 24.7 Å². The molecule has 26 nitrogen and oxygen atoms in total. The minimum Gasteiger partial charge on any atom is -0.453 e. The van der Waals surface area contributed by atoms with Gasteiger partial charge >= 0.3 is 6.09 Å². The van der Waals surface area contributed by atoms with E-state index in [2.05, 4.69) is 127 Å². The van der Waals surface area contributed by atoms with Crippen LogP contribution in [0.3, 0.4) is 0 Å². The van der Waals surface area contributed by atoms with Gasteiger partial charge in [-0.1, -0.05) is 31.7 Å². The summed E-state index contributed by atoms with van der Waals surface area (Å²) in [4.78, 5) is 123. The summed E-state index contributed by atoms with van der Waals surface area (Å²) in [5, 5.41) is 10.7. The fourth-order valence-electron chi connectivity index (χ4n) is 17.6. The van der Waals surface area contributed by atoms with Gasteiger partial charge in [0.15, 0.2) is 0 Å². The van der Waals surface area contributed by atoms with Crippen LogP contribution in [0.15, 0.2) is 146 Å². The number of rotatable bonds is 16. The third-order valence-corrected chi connectivity index (χ3v) is 24.7. The molecule has 4 aromatic carbocycles. The largest absolute Gasteiger partial charge is 0.453 e. The number of pyridine rings is 4. The number of aryl methyl sites for hydroxylation is 8. The lowest BCUT2D eigenvalue weighted by atomic mass is 9.90. The third-order valence-electron chi connectivity index (χ3n) is 24.7. The van der Waals surface area contributed by atoms with Crippen LogP contribution in [0.2, 0.25) is 0 Å². The number of morpholine rings is 1. The van der Waals surface area contributed by atoms with Gasteiger partial charge in [0.05, 0.1) is 65.4 Å². The van der Waals surface area contributed by atoms with E-state index >= 15 is 0 Å². The Labute approximate surface area is 732 Å². The summed E-state index contributed by atoms with van der Waals surface area (Å²) in [6.07, 6.45) is 16.2. The van der Waals surface area contributed by atoms with E-state index in [0.29, 0.717) is 79.2 Å². The van der Waals surface area contributed by atoms with Crippen LogP contribution in [0.1, 0.15) is 169 Å². The highest BCUT2D eigenvalue weighted by Gasteiger charge is 2.32. The topological polar surface area (TPSA) is 285 Å². The number of piperidine rings is 2. The molecule has 12 heterocycles. The van der Waals surface area contributed by atoms with Crippen molar-refractivity contribution in [3.05, 3.63) is 236 Å². The lowest BCUT2D eigenvalue weighted by Crippen LogP contribution is -2.45. The molecule has 125 heavy (non-hydrogen) atoms. The minimum absolute atomic E-state index is 0. The number of nitrogens with zero attached hydrogens (tertiary/aromatic N) is 12. The Hall–Kier alpha value is -12.8. The van der Waals surface area contributed by atoms with Crippen molar-refractivity contribution in [2.75, 3.05) is 94.3 Å². The second-order valence-electron chi connectivity index (χ2n) is 33.5. The highest BCUT2D eigenvalue weighted by molar-refractivity contribution is 5.97. The summed E-state index contributed by atoms with van der Waals surface area (Å²) >= 11 is 0.